The molecular weight excluding hydrogens is 236 g/mol. The van der Waals surface area contributed by atoms with Crippen LogP contribution in [0.1, 0.15) is 0 Å². The summed E-state index contributed by atoms with van der Waals surface area (Å²) in [6.07, 6.45) is 0. The van der Waals surface area contributed by atoms with Gasteiger partial charge in [0.15, 0.2) is 0 Å². The zero-order valence-corrected chi connectivity index (χ0v) is 11.3. The van der Waals surface area contributed by atoms with Crippen LogP contribution in [0.3, 0.4) is 0 Å². The summed E-state index contributed by atoms with van der Waals surface area (Å²) in [5.74, 6) is 0. The van der Waals surface area contributed by atoms with Crippen molar-refractivity contribution in [2.45, 2.75) is 0 Å². The van der Waals surface area contributed by atoms with E-state index < -0.39 is 0 Å². The molecule has 0 atom stereocenters. The van der Waals surface area contributed by atoms with Crippen molar-refractivity contribution in [2.75, 3.05) is 27.2 Å². The maximum Gasteiger partial charge on any atom is 0.127 e. The number of hydrogen-bond donors (Lipinski definition) is 0. The molecule has 0 spiro atoms. The molecule has 3 aromatic rings. The Morgan fingerprint density at radius 2 is 1.42 bits per heavy atom. The van der Waals surface area contributed by atoms with Crippen molar-refractivity contribution >= 4 is 21.8 Å². The van der Waals surface area contributed by atoms with Gasteiger partial charge in [-0.15, -0.1) is 0 Å². The fourth-order valence-electron chi connectivity index (χ4n) is 2.34. The molecule has 0 N–H and O–H groups in total. The zero-order chi connectivity index (χ0) is 13.2. The molecule has 0 radical (unpaired) electrons. The van der Waals surface area contributed by atoms with Crippen LogP contribution in [0.15, 0.2) is 48.5 Å². The van der Waals surface area contributed by atoms with Gasteiger partial charge < -0.3 is 9.74 Å². The molecule has 0 aliphatic rings. The van der Waals surface area contributed by atoms with Gasteiger partial charge in [-0.05, 0) is 26.2 Å². The second kappa shape index (κ2) is 4.94. The van der Waals surface area contributed by atoms with Gasteiger partial charge in [0.2, 0.25) is 0 Å². The van der Waals surface area contributed by atoms with Gasteiger partial charge in [-0.1, -0.05) is 36.4 Å². The minimum absolute atomic E-state index is 0.676. The lowest BCUT2D eigenvalue weighted by molar-refractivity contribution is 0.114. The molecule has 3 heteroatoms. The fraction of sp³-hybridized carbons (Fsp3) is 0.250. The molecule has 19 heavy (non-hydrogen) atoms. The zero-order valence-electron chi connectivity index (χ0n) is 11.3. The Kier molecular flexibility index (Phi) is 3.13. The molecule has 98 valence electrons. The molecule has 0 saturated heterocycles. The molecule has 3 nitrogen and oxygen atoms in total. The Morgan fingerprint density at radius 3 is 1.95 bits per heavy atom. The lowest BCUT2D eigenvalue weighted by Crippen LogP contribution is -2.23. The molecule has 0 saturated carbocycles. The summed E-state index contributed by atoms with van der Waals surface area (Å²) < 4.78 is 1.95. The van der Waals surface area contributed by atoms with Gasteiger partial charge >= 0.3 is 0 Å². The number of hydrogen-bond acceptors (Lipinski definition) is 2. The third-order valence-corrected chi connectivity index (χ3v) is 3.29. The van der Waals surface area contributed by atoms with Gasteiger partial charge in [-0.25, -0.2) is 0 Å². The summed E-state index contributed by atoms with van der Waals surface area (Å²) in [5, 5.41) is 2.48. The van der Waals surface area contributed by atoms with Crippen molar-refractivity contribution < 1.29 is 4.84 Å². The Bertz CT molecular complexity index is 647. The van der Waals surface area contributed by atoms with E-state index in [1.54, 1.807) is 0 Å². The third kappa shape index (κ3) is 2.17. The summed E-state index contributed by atoms with van der Waals surface area (Å²) >= 11 is 0. The quantitative estimate of drug-likeness (QED) is 0.712. The van der Waals surface area contributed by atoms with Crippen LogP contribution >= 0.6 is 0 Å². The van der Waals surface area contributed by atoms with Gasteiger partial charge in [0.05, 0.1) is 11.0 Å². The summed E-state index contributed by atoms with van der Waals surface area (Å²) in [6, 6.07) is 16.7. The standard InChI is InChI=1S/C16H18N2O/c1-17(2)11-12-19-18-15-9-5-3-7-13(15)14-8-4-6-10-16(14)18/h3-10H,11-12H2,1-2H3. The van der Waals surface area contributed by atoms with Crippen LogP contribution in [0.2, 0.25) is 0 Å². The van der Waals surface area contributed by atoms with Crippen LogP contribution in [-0.2, 0) is 0 Å². The number of nitrogens with zero attached hydrogens (tertiary/aromatic N) is 2. The summed E-state index contributed by atoms with van der Waals surface area (Å²) in [6.45, 7) is 1.58. The van der Waals surface area contributed by atoms with Gasteiger partial charge in [-0.2, -0.15) is 4.73 Å². The fourth-order valence-corrected chi connectivity index (χ4v) is 2.34. The molecule has 2 aromatic carbocycles. The van der Waals surface area contributed by atoms with Crippen LogP contribution in [0.25, 0.3) is 21.8 Å². The highest BCUT2D eigenvalue weighted by Crippen LogP contribution is 2.27. The minimum atomic E-state index is 0.676. The lowest BCUT2D eigenvalue weighted by Gasteiger charge is -2.13. The molecule has 1 heterocycles. The second-order valence-electron chi connectivity index (χ2n) is 4.97. The number of likely N-dealkylation sites (N-methyl/N-ethyl adjacent to an activating group) is 1. The number of aromatic nitrogens is 1. The van der Waals surface area contributed by atoms with E-state index in [9.17, 15) is 0 Å². The van der Waals surface area contributed by atoms with E-state index in [1.165, 1.54) is 10.8 Å². The van der Waals surface area contributed by atoms with Crippen molar-refractivity contribution in [3.8, 4) is 0 Å². The summed E-state index contributed by atoms with van der Waals surface area (Å²) in [4.78, 5) is 8.08. The first kappa shape index (κ1) is 12.1. The Hall–Kier alpha value is -2.00. The highest BCUT2D eigenvalue weighted by atomic mass is 16.7. The van der Waals surface area contributed by atoms with Crippen LogP contribution in [0, 0.1) is 0 Å². The molecular formula is C16H18N2O. The summed E-state index contributed by atoms with van der Waals surface area (Å²) in [5.41, 5.74) is 2.25. The first-order chi connectivity index (χ1) is 9.27. The minimum Gasteiger partial charge on any atom is -0.412 e. The van der Waals surface area contributed by atoms with Crippen molar-refractivity contribution in [1.82, 2.24) is 9.63 Å². The number of rotatable bonds is 4. The Labute approximate surface area is 113 Å². The first-order valence-corrected chi connectivity index (χ1v) is 6.53. The molecule has 0 aliphatic carbocycles. The van der Waals surface area contributed by atoms with E-state index in [1.807, 2.05) is 16.9 Å². The molecule has 0 fully saturated rings. The van der Waals surface area contributed by atoms with Crippen LogP contribution in [0.4, 0.5) is 0 Å². The van der Waals surface area contributed by atoms with E-state index in [0.29, 0.717) is 6.61 Å². The van der Waals surface area contributed by atoms with Gasteiger partial charge in [0, 0.05) is 17.3 Å². The van der Waals surface area contributed by atoms with Crippen molar-refractivity contribution in [3.63, 3.8) is 0 Å². The Morgan fingerprint density at radius 1 is 0.895 bits per heavy atom. The van der Waals surface area contributed by atoms with E-state index in [0.717, 1.165) is 17.6 Å². The smallest absolute Gasteiger partial charge is 0.127 e. The molecule has 0 bridgehead atoms. The molecule has 0 aliphatic heterocycles. The van der Waals surface area contributed by atoms with E-state index in [2.05, 4.69) is 55.4 Å². The molecule has 0 amide bonds. The second-order valence-corrected chi connectivity index (χ2v) is 4.97. The topological polar surface area (TPSA) is 17.4 Å². The highest BCUT2D eigenvalue weighted by molar-refractivity contribution is 6.07. The number of fused-ring (bicyclic) bond motifs is 3. The van der Waals surface area contributed by atoms with E-state index >= 15 is 0 Å². The predicted octanol–water partition coefficient (Wildman–Crippen LogP) is 2.78. The third-order valence-electron chi connectivity index (χ3n) is 3.29. The average molecular weight is 254 g/mol. The maximum atomic E-state index is 5.96. The molecule has 3 rings (SSSR count). The number of para-hydroxylation sites is 2. The average Bonchev–Trinajstić information content (AvgIpc) is 2.74. The van der Waals surface area contributed by atoms with Gasteiger partial charge in [0.25, 0.3) is 0 Å². The largest absolute Gasteiger partial charge is 0.412 e. The van der Waals surface area contributed by atoms with Crippen LogP contribution in [0.5, 0.6) is 0 Å². The van der Waals surface area contributed by atoms with Crippen LogP contribution in [-0.4, -0.2) is 36.9 Å². The van der Waals surface area contributed by atoms with Crippen molar-refractivity contribution in [3.05, 3.63) is 48.5 Å². The normalized spacial score (nSPS) is 11.5. The SMILES string of the molecule is CN(C)CCOn1c2ccccc2c2ccccc21. The van der Waals surface area contributed by atoms with Crippen LogP contribution < -0.4 is 4.84 Å². The predicted molar refractivity (Wildman–Crippen MR) is 79.4 cm³/mol. The van der Waals surface area contributed by atoms with Crippen molar-refractivity contribution in [1.29, 1.82) is 0 Å². The molecule has 0 unspecified atom stereocenters. The Balaban J connectivity index is 2.09. The highest BCUT2D eigenvalue weighted by Gasteiger charge is 2.10. The van der Waals surface area contributed by atoms with E-state index in [4.69, 9.17) is 4.84 Å². The first-order valence-electron chi connectivity index (χ1n) is 6.53. The maximum absolute atomic E-state index is 5.96. The summed E-state index contributed by atoms with van der Waals surface area (Å²) in [7, 11) is 4.10. The number of benzene rings is 2. The molecule has 1 aromatic heterocycles. The van der Waals surface area contributed by atoms with Crippen molar-refractivity contribution in [2.24, 2.45) is 0 Å². The van der Waals surface area contributed by atoms with Gasteiger partial charge in [-0.3, -0.25) is 0 Å². The lowest BCUT2D eigenvalue weighted by atomic mass is 10.2. The monoisotopic (exact) mass is 254 g/mol. The van der Waals surface area contributed by atoms with Gasteiger partial charge in [0.1, 0.15) is 6.61 Å². The van der Waals surface area contributed by atoms with E-state index in [-0.39, 0.29) is 0 Å².